The number of para-hydroxylation sites is 2. The summed E-state index contributed by atoms with van der Waals surface area (Å²) in [4.78, 5) is 12.6. The van der Waals surface area contributed by atoms with Crippen molar-refractivity contribution in [1.82, 2.24) is 9.78 Å². The van der Waals surface area contributed by atoms with E-state index in [4.69, 9.17) is 9.47 Å². The molecule has 0 aliphatic carbocycles. The lowest BCUT2D eigenvalue weighted by molar-refractivity contribution is -0.116. The van der Waals surface area contributed by atoms with Crippen molar-refractivity contribution in [3.8, 4) is 22.8 Å². The van der Waals surface area contributed by atoms with E-state index in [0.29, 0.717) is 18.0 Å². The summed E-state index contributed by atoms with van der Waals surface area (Å²) in [5.74, 6) is 1.27. The standard InChI is InChI=1S/C20H19N3O3/c1-13-7-8-17-15(9-13)20-14(12-26-17)10-21-23(20)11-19(24)22-16-5-3-4-6-18(16)25-2/h3-10H,11-12H2,1-2H3,(H,22,24). The molecule has 1 N–H and O–H groups in total. The number of aryl methyl sites for hydroxylation is 1. The van der Waals surface area contributed by atoms with Crippen LogP contribution in [0.4, 0.5) is 5.69 Å². The van der Waals surface area contributed by atoms with Gasteiger partial charge in [-0.05, 0) is 31.2 Å². The highest BCUT2D eigenvalue weighted by atomic mass is 16.5. The van der Waals surface area contributed by atoms with E-state index in [0.717, 1.165) is 28.1 Å². The summed E-state index contributed by atoms with van der Waals surface area (Å²) < 4.78 is 12.8. The van der Waals surface area contributed by atoms with Crippen molar-refractivity contribution < 1.29 is 14.3 Å². The highest BCUT2D eigenvalue weighted by molar-refractivity contribution is 5.92. The number of nitrogens with one attached hydrogen (secondary N) is 1. The molecule has 2 heterocycles. The van der Waals surface area contributed by atoms with Crippen molar-refractivity contribution in [2.45, 2.75) is 20.1 Å². The molecule has 1 aromatic heterocycles. The molecule has 2 aromatic carbocycles. The Morgan fingerprint density at radius 1 is 1.31 bits per heavy atom. The molecule has 3 aromatic rings. The molecule has 0 saturated carbocycles. The maximum Gasteiger partial charge on any atom is 0.246 e. The number of fused-ring (bicyclic) bond motifs is 3. The smallest absolute Gasteiger partial charge is 0.246 e. The number of aromatic nitrogens is 2. The van der Waals surface area contributed by atoms with E-state index in [2.05, 4.69) is 16.5 Å². The number of amides is 1. The summed E-state index contributed by atoms with van der Waals surface area (Å²) in [6.45, 7) is 2.60. The molecule has 0 fully saturated rings. The first-order valence-electron chi connectivity index (χ1n) is 8.37. The predicted molar refractivity (Wildman–Crippen MR) is 98.4 cm³/mol. The van der Waals surface area contributed by atoms with Crippen LogP contribution < -0.4 is 14.8 Å². The number of nitrogens with zero attached hydrogens (tertiary/aromatic N) is 2. The molecule has 0 bridgehead atoms. The Hall–Kier alpha value is -3.28. The molecule has 1 amide bonds. The van der Waals surface area contributed by atoms with Crippen LogP contribution in [-0.2, 0) is 17.9 Å². The Morgan fingerprint density at radius 3 is 3.00 bits per heavy atom. The van der Waals surface area contributed by atoms with Crippen molar-refractivity contribution in [3.05, 3.63) is 59.8 Å². The van der Waals surface area contributed by atoms with Crippen molar-refractivity contribution in [3.63, 3.8) is 0 Å². The molecule has 4 rings (SSSR count). The summed E-state index contributed by atoms with van der Waals surface area (Å²) >= 11 is 0. The van der Waals surface area contributed by atoms with Crippen LogP contribution in [0.2, 0.25) is 0 Å². The first-order valence-corrected chi connectivity index (χ1v) is 8.37. The summed E-state index contributed by atoms with van der Waals surface area (Å²) in [5.41, 5.74) is 4.65. The van der Waals surface area contributed by atoms with Gasteiger partial charge in [0, 0.05) is 11.1 Å². The first-order chi connectivity index (χ1) is 12.7. The van der Waals surface area contributed by atoms with Crippen molar-refractivity contribution in [2.75, 3.05) is 12.4 Å². The van der Waals surface area contributed by atoms with E-state index in [1.165, 1.54) is 0 Å². The van der Waals surface area contributed by atoms with E-state index in [1.54, 1.807) is 18.0 Å². The Morgan fingerprint density at radius 2 is 2.15 bits per heavy atom. The summed E-state index contributed by atoms with van der Waals surface area (Å²) in [7, 11) is 1.58. The number of methoxy groups -OCH3 is 1. The van der Waals surface area contributed by atoms with Gasteiger partial charge in [-0.1, -0.05) is 23.8 Å². The lowest BCUT2D eigenvalue weighted by Gasteiger charge is -2.20. The average molecular weight is 349 g/mol. The van der Waals surface area contributed by atoms with Crippen LogP contribution in [0.3, 0.4) is 0 Å². The molecule has 0 spiro atoms. The van der Waals surface area contributed by atoms with Crippen LogP contribution in [0.1, 0.15) is 11.1 Å². The minimum absolute atomic E-state index is 0.112. The molecule has 0 unspecified atom stereocenters. The minimum Gasteiger partial charge on any atom is -0.495 e. The molecular weight excluding hydrogens is 330 g/mol. The van der Waals surface area contributed by atoms with Crippen LogP contribution in [0.15, 0.2) is 48.7 Å². The van der Waals surface area contributed by atoms with Gasteiger partial charge in [0.1, 0.15) is 24.7 Å². The fraction of sp³-hybridized carbons (Fsp3) is 0.200. The molecular formula is C20H19N3O3. The third kappa shape index (κ3) is 2.90. The van der Waals surface area contributed by atoms with E-state index in [9.17, 15) is 4.79 Å². The molecule has 6 heteroatoms. The number of benzene rings is 2. The Labute approximate surface area is 151 Å². The van der Waals surface area contributed by atoms with Crippen LogP contribution in [-0.4, -0.2) is 22.8 Å². The zero-order valence-electron chi connectivity index (χ0n) is 14.7. The van der Waals surface area contributed by atoms with E-state index >= 15 is 0 Å². The zero-order valence-corrected chi connectivity index (χ0v) is 14.7. The van der Waals surface area contributed by atoms with Gasteiger partial charge in [0.05, 0.1) is 24.7 Å². The topological polar surface area (TPSA) is 65.4 Å². The van der Waals surface area contributed by atoms with Gasteiger partial charge in [-0.2, -0.15) is 5.10 Å². The van der Waals surface area contributed by atoms with Gasteiger partial charge >= 0.3 is 0 Å². The number of rotatable bonds is 4. The second-order valence-corrected chi connectivity index (χ2v) is 6.21. The monoisotopic (exact) mass is 349 g/mol. The highest BCUT2D eigenvalue weighted by Gasteiger charge is 2.23. The molecule has 0 saturated heterocycles. The largest absolute Gasteiger partial charge is 0.495 e. The second-order valence-electron chi connectivity index (χ2n) is 6.21. The van der Waals surface area contributed by atoms with Gasteiger partial charge in [0.2, 0.25) is 5.91 Å². The Bertz CT molecular complexity index is 978. The number of carbonyl (C=O) groups is 1. The molecule has 1 aliphatic rings. The Kier molecular flexibility index (Phi) is 4.08. The predicted octanol–water partition coefficient (Wildman–Crippen LogP) is 3.40. The summed E-state index contributed by atoms with van der Waals surface area (Å²) in [6.07, 6.45) is 1.76. The highest BCUT2D eigenvalue weighted by Crippen LogP contribution is 2.38. The lowest BCUT2D eigenvalue weighted by Crippen LogP contribution is -2.21. The molecule has 6 nitrogen and oxygen atoms in total. The van der Waals surface area contributed by atoms with Crippen LogP contribution in [0.5, 0.6) is 11.5 Å². The number of hydrogen-bond acceptors (Lipinski definition) is 4. The second kappa shape index (κ2) is 6.55. The summed E-state index contributed by atoms with van der Waals surface area (Å²) in [6, 6.07) is 13.4. The zero-order chi connectivity index (χ0) is 18.1. The van der Waals surface area contributed by atoms with Crippen LogP contribution in [0.25, 0.3) is 11.3 Å². The van der Waals surface area contributed by atoms with Gasteiger partial charge in [-0.15, -0.1) is 0 Å². The van der Waals surface area contributed by atoms with E-state index in [1.807, 2.05) is 43.3 Å². The molecule has 1 aliphatic heterocycles. The quantitative estimate of drug-likeness (QED) is 0.784. The normalized spacial score (nSPS) is 11.9. The van der Waals surface area contributed by atoms with Crippen LogP contribution >= 0.6 is 0 Å². The third-order valence-electron chi connectivity index (χ3n) is 4.36. The number of carbonyl (C=O) groups excluding carboxylic acids is 1. The maximum atomic E-state index is 12.6. The lowest BCUT2D eigenvalue weighted by atomic mass is 10.0. The third-order valence-corrected chi connectivity index (χ3v) is 4.36. The van der Waals surface area contributed by atoms with E-state index in [-0.39, 0.29) is 12.5 Å². The SMILES string of the molecule is COc1ccccc1NC(=O)Cn1ncc2c1-c1cc(C)ccc1OC2. The minimum atomic E-state index is -0.166. The molecule has 132 valence electrons. The maximum absolute atomic E-state index is 12.6. The number of hydrogen-bond donors (Lipinski definition) is 1. The van der Waals surface area contributed by atoms with Gasteiger partial charge in [-0.25, -0.2) is 0 Å². The average Bonchev–Trinajstić information content (AvgIpc) is 3.05. The van der Waals surface area contributed by atoms with E-state index < -0.39 is 0 Å². The van der Waals surface area contributed by atoms with Crippen molar-refractivity contribution in [1.29, 1.82) is 0 Å². The Balaban J connectivity index is 1.61. The molecule has 0 radical (unpaired) electrons. The van der Waals surface area contributed by atoms with Crippen LogP contribution in [0, 0.1) is 6.92 Å². The van der Waals surface area contributed by atoms with Gasteiger partial charge in [0.15, 0.2) is 0 Å². The fourth-order valence-electron chi connectivity index (χ4n) is 3.15. The van der Waals surface area contributed by atoms with Gasteiger partial charge in [-0.3, -0.25) is 9.48 Å². The van der Waals surface area contributed by atoms with Crippen molar-refractivity contribution >= 4 is 11.6 Å². The van der Waals surface area contributed by atoms with Gasteiger partial charge in [0.25, 0.3) is 0 Å². The molecule has 26 heavy (non-hydrogen) atoms. The fourth-order valence-corrected chi connectivity index (χ4v) is 3.15. The van der Waals surface area contributed by atoms with Crippen molar-refractivity contribution in [2.24, 2.45) is 0 Å². The number of ether oxygens (including phenoxy) is 2. The summed E-state index contributed by atoms with van der Waals surface area (Å²) in [5, 5.41) is 7.28. The number of anilines is 1. The van der Waals surface area contributed by atoms with Gasteiger partial charge < -0.3 is 14.8 Å². The molecule has 0 atom stereocenters. The first kappa shape index (κ1) is 16.2.